The summed E-state index contributed by atoms with van der Waals surface area (Å²) < 4.78 is 60.2. The number of aromatic nitrogens is 8. The summed E-state index contributed by atoms with van der Waals surface area (Å²) in [5.41, 5.74) is 3.91. The van der Waals surface area contributed by atoms with Crippen molar-refractivity contribution in [2.24, 2.45) is 0 Å². The van der Waals surface area contributed by atoms with Crippen molar-refractivity contribution in [2.45, 2.75) is 70.7 Å². The Balaban J connectivity index is 1.35. The minimum absolute atomic E-state index is 0.0153. The quantitative estimate of drug-likeness (QED) is 0.100. The highest BCUT2D eigenvalue weighted by molar-refractivity contribution is 6.76. The third-order valence-corrected chi connectivity index (χ3v) is 9.51. The van der Waals surface area contributed by atoms with Crippen LogP contribution in [0.4, 0.5) is 13.2 Å². The van der Waals surface area contributed by atoms with Crippen molar-refractivity contribution in [3.63, 3.8) is 0 Å². The largest absolute Gasteiger partial charge is 0.480 e. The van der Waals surface area contributed by atoms with Crippen molar-refractivity contribution in [3.8, 4) is 28.8 Å². The van der Waals surface area contributed by atoms with E-state index < -0.39 is 19.9 Å². The highest BCUT2D eigenvalue weighted by Gasteiger charge is 2.36. The van der Waals surface area contributed by atoms with Crippen LogP contribution in [0, 0.1) is 0 Å². The Morgan fingerprint density at radius 3 is 2.45 bits per heavy atom. The topological polar surface area (TPSA) is 115 Å². The third kappa shape index (κ3) is 7.30. The van der Waals surface area contributed by atoms with Crippen molar-refractivity contribution in [1.82, 2.24) is 39.5 Å². The lowest BCUT2D eigenvalue weighted by Gasteiger charge is -2.15. The number of hydrogen-bond acceptors (Lipinski definition) is 9. The van der Waals surface area contributed by atoms with Gasteiger partial charge in [0.25, 0.3) is 0 Å². The van der Waals surface area contributed by atoms with Crippen LogP contribution in [0.1, 0.15) is 48.3 Å². The number of methoxy groups -OCH3 is 1. The van der Waals surface area contributed by atoms with Crippen molar-refractivity contribution in [3.05, 3.63) is 65.5 Å². The molecule has 0 saturated heterocycles. The molecule has 6 rings (SSSR count). The van der Waals surface area contributed by atoms with Crippen molar-refractivity contribution < 1.29 is 27.4 Å². The van der Waals surface area contributed by atoms with Gasteiger partial charge in [0.15, 0.2) is 11.5 Å². The molecule has 0 N–H and O–H groups in total. The molecule has 1 aromatic carbocycles. The highest BCUT2D eigenvalue weighted by atomic mass is 28.3. The summed E-state index contributed by atoms with van der Waals surface area (Å²) in [6.07, 6.45) is 1.12. The summed E-state index contributed by atoms with van der Waals surface area (Å²) in [5, 5.41) is 8.65. The molecular formula is C32H37F3N8O3Si. The fourth-order valence-corrected chi connectivity index (χ4v) is 5.95. The molecule has 5 aromatic rings. The van der Waals surface area contributed by atoms with Gasteiger partial charge in [-0.3, -0.25) is 0 Å². The summed E-state index contributed by atoms with van der Waals surface area (Å²) in [6, 6.07) is 9.00. The zero-order valence-electron chi connectivity index (χ0n) is 27.0. The van der Waals surface area contributed by atoms with Crippen molar-refractivity contribution >= 4 is 19.1 Å². The molecule has 0 atom stereocenters. The van der Waals surface area contributed by atoms with E-state index in [-0.39, 0.29) is 19.2 Å². The standard InChI is InChI=1S/C32H37F3N8O3Si/c1-6-46-26-16-25(32(33,34)35)41-43(26)22-11-7-20(8-12-22)15-23-29-24(42(40-23)19-45-13-14-47(3,4)5)17-36-30(39-29)27-28(21-9-10-21)37-18-38-31(27)44-2/h7-8,11-12,16-18,21H,6,9-10,13-15,19H2,1-5H3. The molecule has 47 heavy (non-hydrogen) atoms. The molecule has 4 aromatic heterocycles. The fourth-order valence-electron chi connectivity index (χ4n) is 5.19. The lowest BCUT2D eigenvalue weighted by Crippen LogP contribution is -2.22. The van der Waals surface area contributed by atoms with Gasteiger partial charge in [0.1, 0.15) is 29.7 Å². The van der Waals surface area contributed by atoms with Crippen LogP contribution in [0.5, 0.6) is 11.8 Å². The van der Waals surface area contributed by atoms with Crippen LogP contribution in [-0.2, 0) is 24.1 Å². The Bertz CT molecular complexity index is 1860. The first kappa shape index (κ1) is 32.6. The highest BCUT2D eigenvalue weighted by Crippen LogP contribution is 2.45. The van der Waals surface area contributed by atoms with Gasteiger partial charge in [0, 0.05) is 33.1 Å². The van der Waals surface area contributed by atoms with E-state index in [1.807, 2.05) is 12.1 Å². The lowest BCUT2D eigenvalue weighted by atomic mass is 10.1. The average molecular weight is 667 g/mol. The molecule has 0 unspecified atom stereocenters. The SMILES string of the molecule is CCOc1cc(C(F)(F)F)nn1-c1ccc(Cc2nn(COCC[Si](C)(C)C)c3cnc(-c4c(OC)ncnc4C4CC4)nc23)cc1. The zero-order valence-corrected chi connectivity index (χ0v) is 28.0. The molecule has 11 nitrogen and oxygen atoms in total. The molecule has 4 heterocycles. The molecule has 15 heteroatoms. The third-order valence-electron chi connectivity index (χ3n) is 7.81. The first-order valence-corrected chi connectivity index (χ1v) is 19.2. The average Bonchev–Trinajstić information content (AvgIpc) is 3.71. The number of nitrogens with zero attached hydrogens (tertiary/aromatic N) is 8. The molecule has 248 valence electrons. The molecular weight excluding hydrogens is 629 g/mol. The predicted octanol–water partition coefficient (Wildman–Crippen LogP) is 6.68. The van der Waals surface area contributed by atoms with Gasteiger partial charge < -0.3 is 14.2 Å². The van der Waals surface area contributed by atoms with Gasteiger partial charge in [-0.15, -0.1) is 0 Å². The zero-order chi connectivity index (χ0) is 33.3. The second kappa shape index (κ2) is 13.0. The molecule has 1 aliphatic rings. The van der Waals surface area contributed by atoms with Crippen LogP contribution in [0.3, 0.4) is 0 Å². The smallest absolute Gasteiger partial charge is 0.435 e. The van der Waals surface area contributed by atoms with Crippen LogP contribution in [0.25, 0.3) is 28.1 Å². The van der Waals surface area contributed by atoms with Gasteiger partial charge in [0.2, 0.25) is 11.8 Å². The van der Waals surface area contributed by atoms with E-state index in [9.17, 15) is 13.2 Å². The number of hydrogen-bond donors (Lipinski definition) is 0. The number of fused-ring (bicyclic) bond motifs is 1. The van der Waals surface area contributed by atoms with E-state index >= 15 is 0 Å². The monoisotopic (exact) mass is 666 g/mol. The predicted molar refractivity (Wildman–Crippen MR) is 172 cm³/mol. The molecule has 0 amide bonds. The number of rotatable bonds is 13. The van der Waals surface area contributed by atoms with Crippen LogP contribution in [0.15, 0.2) is 42.9 Å². The van der Waals surface area contributed by atoms with E-state index in [0.29, 0.717) is 53.1 Å². The maximum Gasteiger partial charge on any atom is 0.435 e. The summed E-state index contributed by atoms with van der Waals surface area (Å²) in [4.78, 5) is 18.6. The Kier molecular flexibility index (Phi) is 9.02. The molecule has 0 radical (unpaired) electrons. The van der Waals surface area contributed by atoms with Crippen LogP contribution in [-0.4, -0.2) is 67.9 Å². The van der Waals surface area contributed by atoms with Gasteiger partial charge in [-0.2, -0.15) is 23.4 Å². The number of benzene rings is 1. The molecule has 1 saturated carbocycles. The van der Waals surface area contributed by atoms with Gasteiger partial charge >= 0.3 is 6.18 Å². The fraction of sp³-hybridized carbons (Fsp3) is 0.438. The normalized spacial score (nSPS) is 13.8. The summed E-state index contributed by atoms with van der Waals surface area (Å²) >= 11 is 0. The summed E-state index contributed by atoms with van der Waals surface area (Å²) in [5.74, 6) is 1.20. The van der Waals surface area contributed by atoms with E-state index in [2.05, 4.69) is 34.7 Å². The molecule has 0 spiro atoms. The number of halogens is 3. The van der Waals surface area contributed by atoms with Gasteiger partial charge in [-0.05, 0) is 43.5 Å². The van der Waals surface area contributed by atoms with Gasteiger partial charge in [0.05, 0.1) is 37.0 Å². The summed E-state index contributed by atoms with van der Waals surface area (Å²) in [6.45, 7) is 9.68. The molecule has 1 aliphatic carbocycles. The second-order valence-electron chi connectivity index (χ2n) is 12.7. The molecule has 0 bridgehead atoms. The molecule has 0 aliphatic heterocycles. The lowest BCUT2D eigenvalue weighted by molar-refractivity contribution is -0.141. The van der Waals surface area contributed by atoms with Gasteiger partial charge in [-0.1, -0.05) is 31.8 Å². The second-order valence-corrected chi connectivity index (χ2v) is 18.3. The van der Waals surface area contributed by atoms with Crippen molar-refractivity contribution in [2.75, 3.05) is 20.3 Å². The minimum Gasteiger partial charge on any atom is -0.480 e. The molecule has 1 fully saturated rings. The Morgan fingerprint density at radius 2 is 1.79 bits per heavy atom. The number of alkyl halides is 3. The number of ether oxygens (including phenoxy) is 3. The first-order chi connectivity index (χ1) is 22.4. The minimum atomic E-state index is -4.59. The summed E-state index contributed by atoms with van der Waals surface area (Å²) in [7, 11) is 0.289. The van der Waals surface area contributed by atoms with Crippen molar-refractivity contribution in [1.29, 1.82) is 0 Å². The Hall–Kier alpha value is -4.37. The van der Waals surface area contributed by atoms with Crippen LogP contribution >= 0.6 is 0 Å². The Labute approximate surface area is 271 Å². The maximum atomic E-state index is 13.4. The van der Waals surface area contributed by atoms with Crippen LogP contribution in [0.2, 0.25) is 25.7 Å². The van der Waals surface area contributed by atoms with Gasteiger partial charge in [-0.25, -0.2) is 29.3 Å². The Morgan fingerprint density at radius 1 is 1.02 bits per heavy atom. The maximum absolute atomic E-state index is 13.4. The van der Waals surface area contributed by atoms with E-state index in [1.165, 1.54) is 6.33 Å². The van der Waals surface area contributed by atoms with E-state index in [4.69, 9.17) is 29.3 Å². The van der Waals surface area contributed by atoms with E-state index in [0.717, 1.165) is 46.4 Å². The van der Waals surface area contributed by atoms with Crippen LogP contribution < -0.4 is 9.47 Å². The van der Waals surface area contributed by atoms with E-state index in [1.54, 1.807) is 37.0 Å². The first-order valence-electron chi connectivity index (χ1n) is 15.5.